The molecule has 0 bridgehead atoms. The summed E-state index contributed by atoms with van der Waals surface area (Å²) in [5.41, 5.74) is 2.42. The molecule has 1 heterocycles. The normalized spacial score (nSPS) is 19.3. The molecule has 0 aliphatic carbocycles. The second-order valence-corrected chi connectivity index (χ2v) is 6.05. The Morgan fingerprint density at radius 1 is 1.04 bits per heavy atom. The number of methoxy groups -OCH3 is 1. The van der Waals surface area contributed by atoms with Crippen molar-refractivity contribution in [2.24, 2.45) is 0 Å². The van der Waals surface area contributed by atoms with E-state index in [0.717, 1.165) is 11.1 Å². The van der Waals surface area contributed by atoms with E-state index in [0.29, 0.717) is 11.3 Å². The smallest absolute Gasteiger partial charge is 0.295 e. The molecule has 5 heteroatoms. The number of Topliss-reactive ketones (excluding diaryl/α,β-unsaturated/α-hetero) is 1. The molecular formula is C20H19NO4. The Morgan fingerprint density at radius 3 is 2.20 bits per heavy atom. The highest BCUT2D eigenvalue weighted by molar-refractivity contribution is 6.46. The highest BCUT2D eigenvalue weighted by Crippen LogP contribution is 2.38. The van der Waals surface area contributed by atoms with Crippen molar-refractivity contribution in [3.8, 4) is 5.75 Å². The van der Waals surface area contributed by atoms with E-state index in [4.69, 9.17) is 4.74 Å². The molecule has 1 saturated heterocycles. The second-order valence-electron chi connectivity index (χ2n) is 6.05. The molecule has 5 nitrogen and oxygen atoms in total. The molecule has 0 aromatic heterocycles. The number of ketones is 1. The second kappa shape index (κ2) is 6.43. The summed E-state index contributed by atoms with van der Waals surface area (Å²) in [6, 6.07) is 13.6. The van der Waals surface area contributed by atoms with Gasteiger partial charge in [-0.25, -0.2) is 0 Å². The molecule has 1 aliphatic rings. The number of rotatable bonds is 3. The van der Waals surface area contributed by atoms with Gasteiger partial charge in [0.25, 0.3) is 11.7 Å². The van der Waals surface area contributed by atoms with Crippen LogP contribution in [0.4, 0.5) is 0 Å². The van der Waals surface area contributed by atoms with E-state index in [1.54, 1.807) is 38.4 Å². The minimum Gasteiger partial charge on any atom is -0.507 e. The molecule has 1 amide bonds. The fourth-order valence-electron chi connectivity index (χ4n) is 2.99. The van der Waals surface area contributed by atoms with Crippen LogP contribution in [0.15, 0.2) is 54.1 Å². The summed E-state index contributed by atoms with van der Waals surface area (Å²) in [4.78, 5) is 26.0. The minimum atomic E-state index is -0.679. The lowest BCUT2D eigenvalue weighted by atomic mass is 9.95. The topological polar surface area (TPSA) is 66.8 Å². The van der Waals surface area contributed by atoms with Crippen molar-refractivity contribution in [2.45, 2.75) is 13.0 Å². The van der Waals surface area contributed by atoms with Crippen molar-refractivity contribution in [1.82, 2.24) is 4.90 Å². The number of carbonyl (C=O) groups is 2. The van der Waals surface area contributed by atoms with E-state index < -0.39 is 17.7 Å². The zero-order valence-electron chi connectivity index (χ0n) is 14.3. The standard InChI is InChI=1S/C20H19NO4/c1-12-4-6-13(7-5-12)17-16(19(23)20(24)21(17)2)18(22)14-8-10-15(25-3)11-9-14/h4-11,17,22H,1-3H3/b18-16+/t17-/m1/s1. The molecule has 1 N–H and O–H groups in total. The lowest BCUT2D eigenvalue weighted by Crippen LogP contribution is -2.24. The highest BCUT2D eigenvalue weighted by atomic mass is 16.5. The lowest BCUT2D eigenvalue weighted by molar-refractivity contribution is -0.139. The van der Waals surface area contributed by atoms with Gasteiger partial charge >= 0.3 is 0 Å². The van der Waals surface area contributed by atoms with Crippen LogP contribution >= 0.6 is 0 Å². The maximum absolute atomic E-state index is 12.5. The minimum absolute atomic E-state index is 0.0986. The molecule has 0 spiro atoms. The van der Waals surface area contributed by atoms with Crippen LogP contribution in [-0.4, -0.2) is 35.9 Å². The van der Waals surface area contributed by atoms with Gasteiger partial charge in [-0.05, 0) is 36.8 Å². The van der Waals surface area contributed by atoms with Gasteiger partial charge in [-0.3, -0.25) is 9.59 Å². The van der Waals surface area contributed by atoms with Gasteiger partial charge in [0.05, 0.1) is 18.7 Å². The summed E-state index contributed by atoms with van der Waals surface area (Å²) < 4.78 is 5.10. The first-order valence-corrected chi connectivity index (χ1v) is 7.89. The number of hydrogen-bond acceptors (Lipinski definition) is 4. The Kier molecular flexibility index (Phi) is 4.31. The molecule has 1 fully saturated rings. The molecule has 1 atom stereocenters. The highest BCUT2D eigenvalue weighted by Gasteiger charge is 2.44. The Balaban J connectivity index is 2.12. The van der Waals surface area contributed by atoms with Gasteiger partial charge < -0.3 is 14.7 Å². The predicted molar refractivity (Wildman–Crippen MR) is 94.2 cm³/mol. The van der Waals surface area contributed by atoms with E-state index in [9.17, 15) is 14.7 Å². The van der Waals surface area contributed by atoms with Crippen LogP contribution in [0.25, 0.3) is 5.76 Å². The number of nitrogens with zero attached hydrogens (tertiary/aromatic N) is 1. The summed E-state index contributed by atoms with van der Waals surface area (Å²) in [7, 11) is 3.12. The first kappa shape index (κ1) is 16.8. The molecular weight excluding hydrogens is 318 g/mol. The van der Waals surface area contributed by atoms with Gasteiger partial charge in [-0.2, -0.15) is 0 Å². The molecule has 0 saturated carbocycles. The fraction of sp³-hybridized carbons (Fsp3) is 0.200. The first-order chi connectivity index (χ1) is 11.9. The Hall–Kier alpha value is -3.08. The average molecular weight is 337 g/mol. The van der Waals surface area contributed by atoms with E-state index in [2.05, 4.69) is 0 Å². The van der Waals surface area contributed by atoms with E-state index >= 15 is 0 Å². The molecule has 3 rings (SSSR count). The largest absolute Gasteiger partial charge is 0.507 e. The van der Waals surface area contributed by atoms with Crippen LogP contribution in [0.3, 0.4) is 0 Å². The van der Waals surface area contributed by atoms with Gasteiger partial charge in [0.2, 0.25) is 0 Å². The molecule has 128 valence electrons. The maximum Gasteiger partial charge on any atom is 0.295 e. The fourth-order valence-corrected chi connectivity index (χ4v) is 2.99. The van der Waals surface area contributed by atoms with Gasteiger partial charge in [0.1, 0.15) is 11.5 Å². The number of likely N-dealkylation sites (tertiary alicyclic amines) is 1. The van der Waals surface area contributed by atoms with Crippen LogP contribution < -0.4 is 4.74 Å². The average Bonchev–Trinajstić information content (AvgIpc) is 2.86. The maximum atomic E-state index is 12.5. The van der Waals surface area contributed by atoms with Gasteiger partial charge in [-0.15, -0.1) is 0 Å². The molecule has 25 heavy (non-hydrogen) atoms. The summed E-state index contributed by atoms with van der Waals surface area (Å²) >= 11 is 0. The van der Waals surface area contributed by atoms with Crippen LogP contribution in [0, 0.1) is 6.92 Å². The third-order valence-electron chi connectivity index (χ3n) is 4.43. The van der Waals surface area contributed by atoms with E-state index in [1.165, 1.54) is 4.90 Å². The zero-order valence-corrected chi connectivity index (χ0v) is 14.3. The lowest BCUT2D eigenvalue weighted by Gasteiger charge is -2.21. The van der Waals surface area contributed by atoms with Crippen molar-refractivity contribution in [2.75, 3.05) is 14.2 Å². The number of amides is 1. The van der Waals surface area contributed by atoms with Crippen molar-refractivity contribution < 1.29 is 19.4 Å². The first-order valence-electron chi connectivity index (χ1n) is 7.89. The Labute approximate surface area is 146 Å². The summed E-state index contributed by atoms with van der Waals surface area (Å²) in [6.07, 6.45) is 0. The van der Waals surface area contributed by atoms with Crippen LogP contribution in [0.2, 0.25) is 0 Å². The summed E-state index contributed by atoms with van der Waals surface area (Å²) in [6.45, 7) is 1.96. The molecule has 0 unspecified atom stereocenters. The van der Waals surface area contributed by atoms with E-state index in [1.807, 2.05) is 31.2 Å². The van der Waals surface area contributed by atoms with E-state index in [-0.39, 0.29) is 11.3 Å². The monoisotopic (exact) mass is 337 g/mol. The molecule has 1 aliphatic heterocycles. The third-order valence-corrected chi connectivity index (χ3v) is 4.43. The number of hydrogen-bond donors (Lipinski definition) is 1. The number of aliphatic hydroxyl groups is 1. The zero-order chi connectivity index (χ0) is 18.1. The number of aliphatic hydroxyl groups excluding tert-OH is 1. The Morgan fingerprint density at radius 2 is 1.64 bits per heavy atom. The quantitative estimate of drug-likeness (QED) is 0.531. The summed E-state index contributed by atoms with van der Waals surface area (Å²) in [5.74, 6) is -0.847. The van der Waals surface area contributed by atoms with Gasteiger partial charge in [0.15, 0.2) is 0 Å². The Bertz CT molecular complexity index is 850. The third kappa shape index (κ3) is 2.89. The van der Waals surface area contributed by atoms with Crippen molar-refractivity contribution >= 4 is 17.4 Å². The molecule has 0 radical (unpaired) electrons. The predicted octanol–water partition coefficient (Wildman–Crippen LogP) is 3.06. The van der Waals surface area contributed by atoms with Gasteiger partial charge in [0, 0.05) is 12.6 Å². The number of ether oxygens (including phenoxy) is 1. The summed E-state index contributed by atoms with van der Waals surface area (Å²) in [5, 5.41) is 10.7. The number of carbonyl (C=O) groups excluding carboxylic acids is 2. The van der Waals surface area contributed by atoms with Gasteiger partial charge in [-0.1, -0.05) is 29.8 Å². The number of benzene rings is 2. The SMILES string of the molecule is COc1ccc(/C(O)=C2\C(=O)C(=O)N(C)[C@@H]2c2ccc(C)cc2)cc1. The molecule has 2 aromatic carbocycles. The van der Waals surface area contributed by atoms with Crippen LogP contribution in [0.1, 0.15) is 22.7 Å². The van der Waals surface area contributed by atoms with Crippen molar-refractivity contribution in [1.29, 1.82) is 0 Å². The van der Waals surface area contributed by atoms with Crippen LogP contribution in [0.5, 0.6) is 5.75 Å². The van der Waals surface area contributed by atoms with Crippen molar-refractivity contribution in [3.05, 3.63) is 70.8 Å². The number of aryl methyl sites for hydroxylation is 1. The molecule has 2 aromatic rings. The van der Waals surface area contributed by atoms with Crippen molar-refractivity contribution in [3.63, 3.8) is 0 Å². The van der Waals surface area contributed by atoms with Crippen LogP contribution in [-0.2, 0) is 9.59 Å². The number of likely N-dealkylation sites (N-methyl/N-ethyl adjacent to an activating group) is 1.